The van der Waals surface area contributed by atoms with E-state index in [2.05, 4.69) is 25.9 Å². The minimum atomic E-state index is -0.148. The Balaban J connectivity index is 1.36. The molecule has 7 heteroatoms. The molecule has 31 heavy (non-hydrogen) atoms. The summed E-state index contributed by atoms with van der Waals surface area (Å²) in [4.78, 5) is 22.1. The maximum Gasteiger partial charge on any atom is 0.264 e. The number of aromatic nitrogens is 2. The van der Waals surface area contributed by atoms with Crippen LogP contribution in [0.4, 0.5) is 5.69 Å². The van der Waals surface area contributed by atoms with Crippen LogP contribution < -0.4 is 5.32 Å². The number of hydrogen-bond donors (Lipinski definition) is 1. The molecule has 0 spiro atoms. The Bertz CT molecular complexity index is 1190. The van der Waals surface area contributed by atoms with Gasteiger partial charge in [-0.2, -0.15) is 0 Å². The molecule has 1 aliphatic heterocycles. The zero-order valence-electron chi connectivity index (χ0n) is 17.1. The number of aryl methyl sites for hydroxylation is 1. The molecule has 0 unspecified atom stereocenters. The van der Waals surface area contributed by atoms with Crippen molar-refractivity contribution < 1.29 is 4.79 Å². The van der Waals surface area contributed by atoms with Crippen molar-refractivity contribution in [3.8, 4) is 0 Å². The molecule has 1 saturated heterocycles. The SMILES string of the molecule is O=C1NC(=Nc2ccccc2Cl)S/C1=C\c1ccc2ncn(CCC3CCCC3)c2c1. The fourth-order valence-electron chi connectivity index (χ4n) is 4.25. The lowest BCUT2D eigenvalue weighted by atomic mass is 10.0. The first-order valence-electron chi connectivity index (χ1n) is 10.6. The number of amides is 1. The lowest BCUT2D eigenvalue weighted by molar-refractivity contribution is -0.115. The zero-order chi connectivity index (χ0) is 21.2. The van der Waals surface area contributed by atoms with Crippen LogP contribution in [-0.4, -0.2) is 20.6 Å². The molecule has 158 valence electrons. The number of rotatable bonds is 5. The number of hydrogen-bond acceptors (Lipinski definition) is 4. The summed E-state index contributed by atoms with van der Waals surface area (Å²) in [7, 11) is 0. The number of carbonyl (C=O) groups excluding carboxylic acids is 1. The van der Waals surface area contributed by atoms with Gasteiger partial charge in [-0.15, -0.1) is 0 Å². The summed E-state index contributed by atoms with van der Waals surface area (Å²) < 4.78 is 2.24. The quantitative estimate of drug-likeness (QED) is 0.473. The standard InChI is InChI=1S/C24H23ClN4OS/c25-18-7-3-4-8-19(18)27-24-28-23(30)22(31-24)14-17-9-10-20-21(13-17)29(15-26-20)12-11-16-5-1-2-6-16/h3-4,7-10,13-16H,1-2,5-6,11-12H2,(H,27,28,30)/b22-14-. The minimum absolute atomic E-state index is 0.148. The van der Waals surface area contributed by atoms with E-state index < -0.39 is 0 Å². The molecule has 0 bridgehead atoms. The first-order valence-corrected chi connectivity index (χ1v) is 11.8. The summed E-state index contributed by atoms with van der Waals surface area (Å²) in [6, 6.07) is 13.5. The highest BCUT2D eigenvalue weighted by Gasteiger charge is 2.24. The highest BCUT2D eigenvalue weighted by atomic mass is 35.5. The summed E-state index contributed by atoms with van der Waals surface area (Å²) in [6.45, 7) is 0.991. The van der Waals surface area contributed by atoms with Crippen LogP contribution in [0.1, 0.15) is 37.7 Å². The van der Waals surface area contributed by atoms with E-state index in [9.17, 15) is 4.79 Å². The van der Waals surface area contributed by atoms with Crippen molar-refractivity contribution in [3.63, 3.8) is 0 Å². The van der Waals surface area contributed by atoms with E-state index in [0.29, 0.717) is 20.8 Å². The zero-order valence-corrected chi connectivity index (χ0v) is 18.6. The van der Waals surface area contributed by atoms with Crippen LogP contribution in [0.3, 0.4) is 0 Å². The summed E-state index contributed by atoms with van der Waals surface area (Å²) in [6.07, 6.45) is 10.5. The number of aliphatic imine (C=N–C) groups is 1. The van der Waals surface area contributed by atoms with Gasteiger partial charge in [0.1, 0.15) is 0 Å². The fourth-order valence-corrected chi connectivity index (χ4v) is 5.26. The minimum Gasteiger partial charge on any atom is -0.331 e. The van der Waals surface area contributed by atoms with Crippen molar-refractivity contribution in [1.82, 2.24) is 14.9 Å². The van der Waals surface area contributed by atoms with Crippen LogP contribution in [0.15, 0.2) is 58.7 Å². The van der Waals surface area contributed by atoms with Gasteiger partial charge >= 0.3 is 0 Å². The Morgan fingerprint density at radius 1 is 1.23 bits per heavy atom. The summed E-state index contributed by atoms with van der Waals surface area (Å²) >= 11 is 7.51. The number of fused-ring (bicyclic) bond motifs is 1. The summed E-state index contributed by atoms with van der Waals surface area (Å²) in [5.41, 5.74) is 3.71. The van der Waals surface area contributed by atoms with Gasteiger partial charge < -0.3 is 9.88 Å². The van der Waals surface area contributed by atoms with Gasteiger partial charge in [-0.25, -0.2) is 9.98 Å². The van der Waals surface area contributed by atoms with Crippen LogP contribution in [-0.2, 0) is 11.3 Å². The lowest BCUT2D eigenvalue weighted by Gasteiger charge is -2.10. The number of thioether (sulfide) groups is 1. The first-order chi connectivity index (χ1) is 15.2. The lowest BCUT2D eigenvalue weighted by Crippen LogP contribution is -2.19. The molecule has 1 aromatic heterocycles. The number of halogens is 1. The van der Waals surface area contributed by atoms with Crippen LogP contribution in [0, 0.1) is 5.92 Å². The van der Waals surface area contributed by atoms with Crippen molar-refractivity contribution in [3.05, 3.63) is 64.3 Å². The molecule has 5 rings (SSSR count). The second-order valence-electron chi connectivity index (χ2n) is 8.06. The Morgan fingerprint density at radius 2 is 2.06 bits per heavy atom. The number of para-hydroxylation sites is 1. The smallest absolute Gasteiger partial charge is 0.264 e. The molecule has 1 saturated carbocycles. The summed E-state index contributed by atoms with van der Waals surface area (Å²) in [5, 5.41) is 3.91. The van der Waals surface area contributed by atoms with E-state index >= 15 is 0 Å². The van der Waals surface area contributed by atoms with Crippen LogP contribution in [0.25, 0.3) is 17.1 Å². The van der Waals surface area contributed by atoms with Gasteiger partial charge in [0.25, 0.3) is 5.91 Å². The molecule has 1 amide bonds. The van der Waals surface area contributed by atoms with E-state index in [0.717, 1.165) is 29.1 Å². The van der Waals surface area contributed by atoms with Gasteiger partial charge in [0.05, 0.1) is 33.0 Å². The monoisotopic (exact) mass is 450 g/mol. The van der Waals surface area contributed by atoms with E-state index in [1.54, 1.807) is 6.07 Å². The van der Waals surface area contributed by atoms with E-state index in [1.165, 1.54) is 43.9 Å². The molecule has 5 nitrogen and oxygen atoms in total. The van der Waals surface area contributed by atoms with Gasteiger partial charge in [-0.3, -0.25) is 4.79 Å². The normalized spacial score (nSPS) is 19.7. The van der Waals surface area contributed by atoms with Crippen molar-refractivity contribution in [2.24, 2.45) is 10.9 Å². The number of carbonyl (C=O) groups is 1. The van der Waals surface area contributed by atoms with Crippen LogP contribution >= 0.6 is 23.4 Å². The third-order valence-corrected chi connectivity index (χ3v) is 7.15. The summed E-state index contributed by atoms with van der Waals surface area (Å²) in [5.74, 6) is 0.697. The average molecular weight is 451 g/mol. The van der Waals surface area contributed by atoms with E-state index in [-0.39, 0.29) is 5.91 Å². The molecule has 0 atom stereocenters. The van der Waals surface area contributed by atoms with Crippen molar-refractivity contribution >= 4 is 57.2 Å². The van der Waals surface area contributed by atoms with Gasteiger partial charge in [0.2, 0.25) is 0 Å². The Hall–Kier alpha value is -2.57. The Kier molecular flexibility index (Phi) is 5.83. The number of benzene rings is 2. The maximum absolute atomic E-state index is 12.5. The Labute approximate surface area is 190 Å². The molecule has 2 aliphatic rings. The van der Waals surface area contributed by atoms with E-state index in [4.69, 9.17) is 11.6 Å². The third kappa shape index (κ3) is 4.55. The number of nitrogens with one attached hydrogen (secondary N) is 1. The van der Waals surface area contributed by atoms with Crippen LogP contribution in [0.5, 0.6) is 0 Å². The molecular formula is C24H23ClN4OS. The van der Waals surface area contributed by atoms with Gasteiger partial charge in [0.15, 0.2) is 5.17 Å². The van der Waals surface area contributed by atoms with Crippen molar-refractivity contribution in [1.29, 1.82) is 0 Å². The predicted molar refractivity (Wildman–Crippen MR) is 129 cm³/mol. The van der Waals surface area contributed by atoms with Gasteiger partial charge in [-0.05, 0) is 60.0 Å². The third-order valence-electron chi connectivity index (χ3n) is 5.92. The number of imidazole rings is 1. The number of nitrogens with zero attached hydrogens (tertiary/aromatic N) is 3. The molecule has 1 aliphatic carbocycles. The average Bonchev–Trinajstić information content (AvgIpc) is 3.49. The molecule has 1 N–H and O–H groups in total. The largest absolute Gasteiger partial charge is 0.331 e. The predicted octanol–water partition coefficient (Wildman–Crippen LogP) is 6.16. The maximum atomic E-state index is 12.5. The second kappa shape index (κ2) is 8.89. The second-order valence-corrected chi connectivity index (χ2v) is 9.50. The first kappa shape index (κ1) is 20.3. The van der Waals surface area contributed by atoms with Crippen molar-refractivity contribution in [2.45, 2.75) is 38.6 Å². The fraction of sp³-hybridized carbons (Fsp3) is 0.292. The highest BCUT2D eigenvalue weighted by molar-refractivity contribution is 8.18. The molecule has 2 aromatic carbocycles. The number of amidine groups is 1. The Morgan fingerprint density at radius 3 is 2.90 bits per heavy atom. The topological polar surface area (TPSA) is 59.3 Å². The van der Waals surface area contributed by atoms with E-state index in [1.807, 2.05) is 42.7 Å². The highest BCUT2D eigenvalue weighted by Crippen LogP contribution is 2.32. The molecule has 0 radical (unpaired) electrons. The van der Waals surface area contributed by atoms with Gasteiger partial charge in [-0.1, -0.05) is 55.5 Å². The van der Waals surface area contributed by atoms with Gasteiger partial charge in [0, 0.05) is 6.54 Å². The molecule has 2 fully saturated rings. The molecule has 2 heterocycles. The van der Waals surface area contributed by atoms with Crippen LogP contribution in [0.2, 0.25) is 5.02 Å². The molecular weight excluding hydrogens is 428 g/mol. The van der Waals surface area contributed by atoms with Crippen molar-refractivity contribution in [2.75, 3.05) is 0 Å². The molecule has 3 aromatic rings.